The second-order valence-corrected chi connectivity index (χ2v) is 5.31. The van der Waals surface area contributed by atoms with Crippen LogP contribution in [0.1, 0.15) is 25.7 Å². The number of hydrogen-bond acceptors (Lipinski definition) is 4. The number of hydrogen-bond donors (Lipinski definition) is 3. The average Bonchev–Trinajstić information content (AvgIpc) is 2.83. The van der Waals surface area contributed by atoms with Gasteiger partial charge in [-0.15, -0.1) is 0 Å². The number of nitrogens with two attached hydrogens (primary N) is 1. The van der Waals surface area contributed by atoms with E-state index in [1.54, 1.807) is 12.1 Å². The van der Waals surface area contributed by atoms with Crippen molar-refractivity contribution in [1.82, 2.24) is 4.90 Å². The highest BCUT2D eigenvalue weighted by molar-refractivity contribution is 5.92. The fourth-order valence-electron chi connectivity index (χ4n) is 2.76. The maximum Gasteiger partial charge on any atom is 0.238 e. The predicted molar refractivity (Wildman–Crippen MR) is 80.4 cm³/mol. The van der Waals surface area contributed by atoms with Gasteiger partial charge in [-0.25, -0.2) is 0 Å². The molecule has 1 saturated heterocycles. The van der Waals surface area contributed by atoms with E-state index in [0.29, 0.717) is 18.3 Å². The average molecular weight is 277 g/mol. The summed E-state index contributed by atoms with van der Waals surface area (Å²) in [5.41, 5.74) is 7.07. The molecule has 1 fully saturated rings. The van der Waals surface area contributed by atoms with Gasteiger partial charge in [0.15, 0.2) is 0 Å². The van der Waals surface area contributed by atoms with Crippen molar-refractivity contribution in [2.24, 2.45) is 0 Å². The Bertz CT molecular complexity index is 450. The number of aliphatic hydroxyl groups excluding tert-OH is 1. The van der Waals surface area contributed by atoms with E-state index in [1.807, 2.05) is 12.1 Å². The third-order valence-corrected chi connectivity index (χ3v) is 3.71. The molecule has 1 atom stereocenters. The molecule has 0 bridgehead atoms. The van der Waals surface area contributed by atoms with Crippen LogP contribution in [0.15, 0.2) is 24.3 Å². The molecule has 1 aliphatic heterocycles. The smallest absolute Gasteiger partial charge is 0.238 e. The second kappa shape index (κ2) is 7.26. The lowest BCUT2D eigenvalue weighted by molar-refractivity contribution is -0.117. The summed E-state index contributed by atoms with van der Waals surface area (Å²) in [5.74, 6) is -0.00787. The van der Waals surface area contributed by atoms with Gasteiger partial charge in [0.2, 0.25) is 5.91 Å². The Labute approximate surface area is 119 Å². The van der Waals surface area contributed by atoms with Crippen LogP contribution in [0, 0.1) is 0 Å². The van der Waals surface area contributed by atoms with Crippen LogP contribution in [0.2, 0.25) is 0 Å². The Morgan fingerprint density at radius 2 is 2.35 bits per heavy atom. The van der Waals surface area contributed by atoms with Gasteiger partial charge in [0, 0.05) is 24.0 Å². The first-order valence-electron chi connectivity index (χ1n) is 7.19. The maximum atomic E-state index is 12.1. The van der Waals surface area contributed by atoms with Gasteiger partial charge in [-0.1, -0.05) is 6.07 Å². The molecule has 0 aliphatic carbocycles. The number of nitrogens with zero attached hydrogens (tertiary/aromatic N) is 1. The number of nitrogen functional groups attached to an aromatic ring is 1. The zero-order valence-corrected chi connectivity index (χ0v) is 11.7. The number of amides is 1. The first kappa shape index (κ1) is 14.8. The van der Waals surface area contributed by atoms with Gasteiger partial charge in [-0.3, -0.25) is 9.69 Å². The summed E-state index contributed by atoms with van der Waals surface area (Å²) in [6, 6.07) is 7.63. The van der Waals surface area contributed by atoms with E-state index in [-0.39, 0.29) is 12.5 Å². The number of rotatable bonds is 6. The summed E-state index contributed by atoms with van der Waals surface area (Å²) in [5, 5.41) is 11.8. The molecule has 1 unspecified atom stereocenters. The number of benzene rings is 1. The summed E-state index contributed by atoms with van der Waals surface area (Å²) in [4.78, 5) is 14.3. The van der Waals surface area contributed by atoms with E-state index in [9.17, 15) is 4.79 Å². The van der Waals surface area contributed by atoms with Gasteiger partial charge >= 0.3 is 0 Å². The quantitative estimate of drug-likeness (QED) is 0.688. The molecule has 20 heavy (non-hydrogen) atoms. The molecule has 1 aromatic rings. The normalized spacial score (nSPS) is 19.1. The summed E-state index contributed by atoms with van der Waals surface area (Å²) < 4.78 is 0. The molecule has 0 spiro atoms. The van der Waals surface area contributed by atoms with Gasteiger partial charge in [0.05, 0.1) is 6.54 Å². The van der Waals surface area contributed by atoms with Crippen molar-refractivity contribution in [3.63, 3.8) is 0 Å². The van der Waals surface area contributed by atoms with Gasteiger partial charge in [-0.2, -0.15) is 0 Å². The van der Waals surface area contributed by atoms with Crippen molar-refractivity contribution in [3.8, 4) is 0 Å². The second-order valence-electron chi connectivity index (χ2n) is 5.31. The first-order chi connectivity index (χ1) is 9.69. The summed E-state index contributed by atoms with van der Waals surface area (Å²) >= 11 is 0. The number of anilines is 2. The van der Waals surface area contributed by atoms with E-state index in [0.717, 1.165) is 37.9 Å². The minimum absolute atomic E-state index is 0.00787. The van der Waals surface area contributed by atoms with Crippen LogP contribution in [0.4, 0.5) is 11.4 Å². The monoisotopic (exact) mass is 277 g/mol. The van der Waals surface area contributed by atoms with E-state index in [4.69, 9.17) is 10.8 Å². The van der Waals surface area contributed by atoms with Crippen LogP contribution in [-0.4, -0.2) is 41.7 Å². The van der Waals surface area contributed by atoms with Crippen LogP contribution in [0.5, 0.6) is 0 Å². The van der Waals surface area contributed by atoms with E-state index in [2.05, 4.69) is 10.2 Å². The Hall–Kier alpha value is -1.59. The van der Waals surface area contributed by atoms with Crippen LogP contribution >= 0.6 is 0 Å². The van der Waals surface area contributed by atoms with Crippen molar-refractivity contribution < 1.29 is 9.90 Å². The van der Waals surface area contributed by atoms with Crippen molar-refractivity contribution in [2.45, 2.75) is 31.7 Å². The van der Waals surface area contributed by atoms with Crippen LogP contribution < -0.4 is 11.1 Å². The Morgan fingerprint density at radius 3 is 3.10 bits per heavy atom. The molecule has 0 aromatic heterocycles. The summed E-state index contributed by atoms with van der Waals surface area (Å²) in [6.45, 7) is 1.59. The van der Waals surface area contributed by atoms with Crippen LogP contribution in [0.25, 0.3) is 0 Å². The fourth-order valence-corrected chi connectivity index (χ4v) is 2.76. The molecule has 2 rings (SSSR count). The zero-order valence-electron chi connectivity index (χ0n) is 11.7. The lowest BCUT2D eigenvalue weighted by atomic mass is 10.1. The highest BCUT2D eigenvalue weighted by atomic mass is 16.3. The van der Waals surface area contributed by atoms with Gasteiger partial charge in [-0.05, 0) is 50.4 Å². The number of nitrogens with one attached hydrogen (secondary N) is 1. The Kier molecular flexibility index (Phi) is 5.38. The maximum absolute atomic E-state index is 12.1. The first-order valence-corrected chi connectivity index (χ1v) is 7.19. The third-order valence-electron chi connectivity index (χ3n) is 3.71. The molecule has 5 nitrogen and oxygen atoms in total. The van der Waals surface area contributed by atoms with Crippen LogP contribution in [-0.2, 0) is 4.79 Å². The molecule has 110 valence electrons. The van der Waals surface area contributed by atoms with Gasteiger partial charge in [0.25, 0.3) is 0 Å². The van der Waals surface area contributed by atoms with Crippen molar-refractivity contribution in [2.75, 3.05) is 30.7 Å². The number of aliphatic hydroxyl groups is 1. The largest absolute Gasteiger partial charge is 0.399 e. The van der Waals surface area contributed by atoms with Gasteiger partial charge < -0.3 is 16.2 Å². The van der Waals surface area contributed by atoms with E-state index < -0.39 is 0 Å². The summed E-state index contributed by atoms with van der Waals surface area (Å²) in [6.07, 6.45) is 4.01. The van der Waals surface area contributed by atoms with E-state index in [1.165, 1.54) is 0 Å². The Morgan fingerprint density at radius 1 is 1.50 bits per heavy atom. The molecular weight excluding hydrogens is 254 g/mol. The molecule has 1 aliphatic rings. The standard InChI is InChI=1S/C15H23N3O2/c16-12-4-1-5-13(10-12)17-15(20)11-18-8-2-6-14(18)7-3-9-19/h1,4-5,10,14,19H,2-3,6-9,11,16H2,(H,17,20). The van der Waals surface area contributed by atoms with E-state index >= 15 is 0 Å². The molecule has 1 aromatic carbocycles. The van der Waals surface area contributed by atoms with Crippen LogP contribution in [0.3, 0.4) is 0 Å². The lowest BCUT2D eigenvalue weighted by Gasteiger charge is -2.23. The zero-order chi connectivity index (χ0) is 14.4. The molecule has 1 amide bonds. The molecule has 0 saturated carbocycles. The summed E-state index contributed by atoms with van der Waals surface area (Å²) in [7, 11) is 0. The number of likely N-dealkylation sites (tertiary alicyclic amines) is 1. The lowest BCUT2D eigenvalue weighted by Crippen LogP contribution is -2.36. The highest BCUT2D eigenvalue weighted by Crippen LogP contribution is 2.21. The Balaban J connectivity index is 1.84. The fraction of sp³-hybridized carbons (Fsp3) is 0.533. The van der Waals surface area contributed by atoms with Crippen molar-refractivity contribution in [3.05, 3.63) is 24.3 Å². The minimum Gasteiger partial charge on any atom is -0.399 e. The molecular formula is C15H23N3O2. The number of carbonyl (C=O) groups is 1. The molecule has 1 heterocycles. The third kappa shape index (κ3) is 4.21. The van der Waals surface area contributed by atoms with Gasteiger partial charge in [0.1, 0.15) is 0 Å². The predicted octanol–water partition coefficient (Wildman–Crippen LogP) is 1.44. The molecule has 0 radical (unpaired) electrons. The van der Waals surface area contributed by atoms with Crippen molar-refractivity contribution in [1.29, 1.82) is 0 Å². The topological polar surface area (TPSA) is 78.6 Å². The molecule has 5 heteroatoms. The SMILES string of the molecule is Nc1cccc(NC(=O)CN2CCCC2CCCO)c1. The minimum atomic E-state index is -0.00787. The highest BCUT2D eigenvalue weighted by Gasteiger charge is 2.25. The number of carbonyl (C=O) groups excluding carboxylic acids is 1. The van der Waals surface area contributed by atoms with Crippen molar-refractivity contribution >= 4 is 17.3 Å². The molecule has 4 N–H and O–H groups in total.